The quantitative estimate of drug-likeness (QED) is 0.535. The number of nitrogens with zero attached hydrogens (tertiary/aromatic N) is 3. The molecule has 0 fully saturated rings. The summed E-state index contributed by atoms with van der Waals surface area (Å²) >= 11 is 5.84. The molecule has 176 valence electrons. The maximum absolute atomic E-state index is 13.0. The third-order valence-electron chi connectivity index (χ3n) is 5.39. The van der Waals surface area contributed by atoms with Crippen molar-refractivity contribution in [2.75, 3.05) is 32.9 Å². The molecule has 0 saturated heterocycles. The van der Waals surface area contributed by atoms with Gasteiger partial charge in [0, 0.05) is 50.4 Å². The smallest absolute Gasteiger partial charge is 0.271 e. The van der Waals surface area contributed by atoms with Crippen molar-refractivity contribution in [3.63, 3.8) is 0 Å². The second-order valence-electron chi connectivity index (χ2n) is 7.62. The minimum absolute atomic E-state index is 0.0659. The number of nitrogens with one attached hydrogen (secondary N) is 1. The van der Waals surface area contributed by atoms with E-state index < -0.39 is 27.4 Å². The molecule has 0 unspecified atom stereocenters. The Morgan fingerprint density at radius 3 is 2.48 bits per heavy atom. The van der Waals surface area contributed by atoms with E-state index in [1.54, 1.807) is 24.3 Å². The summed E-state index contributed by atoms with van der Waals surface area (Å²) in [5.41, 5.74) is -0.348. The van der Waals surface area contributed by atoms with Gasteiger partial charge in [-0.25, -0.2) is 12.7 Å². The largest absolute Gasteiger partial charge is 0.348 e. The van der Waals surface area contributed by atoms with Crippen molar-refractivity contribution < 1.29 is 22.8 Å². The summed E-state index contributed by atoms with van der Waals surface area (Å²) in [5.74, 6) is -1.24. The highest BCUT2D eigenvalue weighted by molar-refractivity contribution is 7.88. The van der Waals surface area contributed by atoms with Crippen molar-refractivity contribution >= 4 is 39.7 Å². The number of fused-ring (bicyclic) bond motifs is 1. The molecule has 0 radical (unpaired) electrons. The summed E-state index contributed by atoms with van der Waals surface area (Å²) in [6, 6.07) is 7.92. The van der Waals surface area contributed by atoms with Gasteiger partial charge in [-0.05, 0) is 23.8 Å². The molecule has 1 aromatic carbocycles. The molecule has 12 heteroatoms. The lowest BCUT2D eigenvalue weighted by molar-refractivity contribution is 0.0689. The molecule has 2 aromatic rings. The molecule has 3 rings (SSSR count). The fourth-order valence-electron chi connectivity index (χ4n) is 3.39. The number of amides is 2. The van der Waals surface area contributed by atoms with Gasteiger partial charge >= 0.3 is 0 Å². The number of pyridine rings is 1. The average molecular weight is 495 g/mol. The number of halogens is 1. The molecule has 0 aliphatic carbocycles. The van der Waals surface area contributed by atoms with Crippen molar-refractivity contribution in [2.24, 2.45) is 0 Å². The topological polar surface area (TPSA) is 126 Å². The molecule has 0 bridgehead atoms. The Morgan fingerprint density at radius 1 is 1.21 bits per heavy atom. The molecule has 0 saturated carbocycles. The zero-order valence-corrected chi connectivity index (χ0v) is 19.6. The van der Waals surface area contributed by atoms with Gasteiger partial charge in [-0.15, -0.1) is 0 Å². The molecule has 1 N–H and O–H groups in total. The van der Waals surface area contributed by atoms with Crippen LogP contribution in [0.5, 0.6) is 0 Å². The average Bonchev–Trinajstić information content (AvgIpc) is 2.77. The van der Waals surface area contributed by atoms with Crippen LogP contribution in [0.15, 0.2) is 35.1 Å². The van der Waals surface area contributed by atoms with E-state index in [4.69, 9.17) is 11.6 Å². The van der Waals surface area contributed by atoms with Crippen molar-refractivity contribution in [1.29, 1.82) is 0 Å². The highest BCUT2D eigenvalue weighted by Gasteiger charge is 2.30. The summed E-state index contributed by atoms with van der Waals surface area (Å²) in [7, 11) is -2.01. The second kappa shape index (κ2) is 9.86. The molecule has 1 aromatic heterocycles. The summed E-state index contributed by atoms with van der Waals surface area (Å²) in [6.07, 6.45) is 1.48. The highest BCUT2D eigenvalue weighted by atomic mass is 35.5. The summed E-state index contributed by atoms with van der Waals surface area (Å²) in [6.45, 7) is 0.516. The fraction of sp³-hybridized carbons (Fsp3) is 0.333. The van der Waals surface area contributed by atoms with Crippen molar-refractivity contribution in [1.82, 2.24) is 19.1 Å². The summed E-state index contributed by atoms with van der Waals surface area (Å²) < 4.78 is 25.4. The van der Waals surface area contributed by atoms with Crippen LogP contribution < -0.4 is 10.9 Å². The van der Waals surface area contributed by atoms with Crippen LogP contribution in [0.2, 0.25) is 5.02 Å². The van der Waals surface area contributed by atoms with Crippen LogP contribution >= 0.6 is 11.6 Å². The number of carbonyl (C=O) groups excluding carboxylic acids is 3. The van der Waals surface area contributed by atoms with E-state index in [9.17, 15) is 27.6 Å². The molecule has 0 spiro atoms. The van der Waals surface area contributed by atoms with Crippen LogP contribution in [-0.2, 0) is 23.1 Å². The summed E-state index contributed by atoms with van der Waals surface area (Å²) in [4.78, 5) is 51.6. The van der Waals surface area contributed by atoms with Gasteiger partial charge in [-0.1, -0.05) is 23.7 Å². The van der Waals surface area contributed by atoms with E-state index in [0.29, 0.717) is 11.3 Å². The second-order valence-corrected chi connectivity index (χ2v) is 10.1. The highest BCUT2D eigenvalue weighted by Crippen LogP contribution is 2.16. The van der Waals surface area contributed by atoms with E-state index in [1.165, 1.54) is 11.9 Å². The first kappa shape index (κ1) is 24.6. The Morgan fingerprint density at radius 2 is 1.88 bits per heavy atom. The number of hydrogen-bond donors (Lipinski definition) is 1. The van der Waals surface area contributed by atoms with E-state index in [0.717, 1.165) is 26.8 Å². The number of benzene rings is 1. The molecule has 0 atom stereocenters. The predicted molar refractivity (Wildman–Crippen MR) is 122 cm³/mol. The predicted octanol–water partition coefficient (Wildman–Crippen LogP) is 0.591. The van der Waals surface area contributed by atoms with Gasteiger partial charge in [-0.2, -0.15) is 0 Å². The zero-order valence-electron chi connectivity index (χ0n) is 18.1. The third-order valence-corrected chi connectivity index (χ3v) is 6.96. The van der Waals surface area contributed by atoms with Gasteiger partial charge in [0.2, 0.25) is 10.0 Å². The monoisotopic (exact) mass is 494 g/mol. The maximum atomic E-state index is 13.0. The van der Waals surface area contributed by atoms with Gasteiger partial charge in [0.15, 0.2) is 6.29 Å². The molecule has 33 heavy (non-hydrogen) atoms. The van der Waals surface area contributed by atoms with Crippen LogP contribution in [0, 0.1) is 0 Å². The number of carbonyl (C=O) groups is 3. The number of aldehydes is 1. The minimum atomic E-state index is -3.41. The van der Waals surface area contributed by atoms with Crippen LogP contribution in [-0.4, -0.2) is 73.2 Å². The Kier molecular flexibility index (Phi) is 7.35. The van der Waals surface area contributed by atoms with E-state index in [-0.39, 0.29) is 49.5 Å². The molecule has 10 nitrogen and oxygen atoms in total. The molecular weight excluding hydrogens is 472 g/mol. The summed E-state index contributed by atoms with van der Waals surface area (Å²) in [5, 5.41) is 3.18. The number of likely N-dealkylation sites (N-methyl/N-ethyl adjacent to an activating group) is 1. The van der Waals surface area contributed by atoms with Gasteiger partial charge in [0.25, 0.3) is 17.4 Å². The number of aromatic nitrogens is 1. The Bertz CT molecular complexity index is 1260. The van der Waals surface area contributed by atoms with Crippen LogP contribution in [0.4, 0.5) is 0 Å². The molecule has 2 heterocycles. The van der Waals surface area contributed by atoms with Crippen LogP contribution in [0.3, 0.4) is 0 Å². The first-order valence-electron chi connectivity index (χ1n) is 9.99. The van der Waals surface area contributed by atoms with Crippen molar-refractivity contribution in [3.05, 3.63) is 68.1 Å². The number of sulfonamides is 1. The first-order valence-corrected chi connectivity index (χ1v) is 12.2. The van der Waals surface area contributed by atoms with E-state index in [2.05, 4.69) is 5.32 Å². The minimum Gasteiger partial charge on any atom is -0.348 e. The van der Waals surface area contributed by atoms with E-state index in [1.807, 2.05) is 0 Å². The van der Waals surface area contributed by atoms with Crippen molar-refractivity contribution in [3.8, 4) is 0 Å². The maximum Gasteiger partial charge on any atom is 0.271 e. The van der Waals surface area contributed by atoms with Gasteiger partial charge in [-0.3, -0.25) is 19.2 Å². The molecular formula is C21H23ClN4O6S. The molecule has 1 aliphatic heterocycles. The van der Waals surface area contributed by atoms with Gasteiger partial charge in [0.05, 0.1) is 6.26 Å². The van der Waals surface area contributed by atoms with Crippen LogP contribution in [0.1, 0.15) is 36.8 Å². The lowest BCUT2D eigenvalue weighted by atomic mass is 10.1. The van der Waals surface area contributed by atoms with Crippen molar-refractivity contribution in [2.45, 2.75) is 13.1 Å². The number of rotatable bonds is 8. The van der Waals surface area contributed by atoms with Gasteiger partial charge in [0.1, 0.15) is 11.3 Å². The normalized spacial score (nSPS) is 13.7. The fourth-order valence-corrected chi connectivity index (χ4v) is 3.92. The number of hydrogen-bond acceptors (Lipinski definition) is 6. The Hall–Kier alpha value is -3.02. The lowest BCUT2D eigenvalue weighted by Gasteiger charge is -2.31. The third kappa shape index (κ3) is 5.49. The van der Waals surface area contributed by atoms with Gasteiger partial charge < -0.3 is 14.8 Å². The first-order chi connectivity index (χ1) is 15.5. The zero-order chi connectivity index (χ0) is 24.3. The SMILES string of the molecule is CN(CCN1CCn2c(c(C=O)cc(C(=O)NCc3ccc(Cl)cc3)c2=O)C1=O)S(C)(=O)=O. The molecule has 1 aliphatic rings. The Labute approximate surface area is 195 Å². The van der Waals surface area contributed by atoms with E-state index >= 15 is 0 Å². The standard InChI is InChI=1S/C21H23ClN4O6S/c1-24(33(2,31)32)7-8-25-9-10-26-18(21(25)30)15(13-27)11-17(20(26)29)19(28)23-12-14-3-5-16(22)6-4-14/h3-6,11,13H,7-10,12H2,1-2H3,(H,23,28). The molecule has 2 amide bonds. The Balaban J connectivity index is 1.82. The lowest BCUT2D eigenvalue weighted by Crippen LogP contribution is -2.49. The van der Waals surface area contributed by atoms with Crippen LogP contribution in [0.25, 0.3) is 0 Å².